The number of rotatable bonds is 8. The number of nitrogens with one attached hydrogen (secondary N) is 3. The smallest absolute Gasteiger partial charge is 0.343 e. The lowest BCUT2D eigenvalue weighted by molar-refractivity contribution is -0.175. The average Bonchev–Trinajstić information content (AvgIpc) is 1.61. The summed E-state index contributed by atoms with van der Waals surface area (Å²) < 4.78 is 35.5. The molecule has 0 aromatic carbocycles. The number of hydroxylamine groups is 2. The van der Waals surface area contributed by atoms with Gasteiger partial charge in [0, 0.05) is 214 Å². The van der Waals surface area contributed by atoms with Crippen molar-refractivity contribution in [3.8, 4) is 0 Å². The van der Waals surface area contributed by atoms with Crippen LogP contribution in [-0.2, 0) is 81.3 Å². The topological polar surface area (TPSA) is 355 Å². The Morgan fingerprint density at radius 3 is 1.46 bits per heavy atom. The van der Waals surface area contributed by atoms with Gasteiger partial charge >= 0.3 is 5.69 Å². The van der Waals surface area contributed by atoms with Crippen molar-refractivity contribution in [2.75, 3.05) is 118 Å². The van der Waals surface area contributed by atoms with E-state index in [0.29, 0.717) is 29.6 Å². The number of fused-ring (bicyclic) bond motifs is 6. The van der Waals surface area contributed by atoms with Gasteiger partial charge in [0.25, 0.3) is 11.5 Å². The lowest BCUT2D eigenvalue weighted by atomic mass is 9.90. The second kappa shape index (κ2) is 46.5. The van der Waals surface area contributed by atoms with Crippen molar-refractivity contribution in [1.82, 2.24) is 123 Å². The molecular formula is C97H175N25O10S. The maximum Gasteiger partial charge on any atom is 0.343 e. The minimum absolute atomic E-state index is 0.0664. The van der Waals surface area contributed by atoms with Crippen molar-refractivity contribution < 1.29 is 37.3 Å². The molecule has 0 aliphatic carbocycles. The molecule has 3 atom stereocenters. The van der Waals surface area contributed by atoms with E-state index in [1.807, 2.05) is 42.6 Å². The molecule has 0 spiro atoms. The third-order valence-electron chi connectivity index (χ3n) is 27.8. The molecule has 35 nitrogen and oxygen atoms in total. The number of aromatic nitrogens is 14. The number of hydrogen-bond donors (Lipinski definition) is 4. The van der Waals surface area contributed by atoms with Gasteiger partial charge in [0.05, 0.1) is 38.4 Å². The van der Waals surface area contributed by atoms with E-state index in [0.717, 1.165) is 199 Å². The van der Waals surface area contributed by atoms with Crippen molar-refractivity contribution in [1.29, 1.82) is 0 Å². The number of piperazine rings is 1. The number of hydrogen-bond acceptors (Lipinski definition) is 26. The van der Waals surface area contributed by atoms with Gasteiger partial charge in [-0.15, -0.1) is 20.4 Å². The first-order chi connectivity index (χ1) is 61.5. The molecule has 36 heteroatoms. The van der Waals surface area contributed by atoms with Crippen LogP contribution in [0.1, 0.15) is 298 Å². The molecule has 133 heavy (non-hydrogen) atoms. The Hall–Kier alpha value is -7.23. The van der Waals surface area contributed by atoms with Crippen LogP contribution in [0.25, 0.3) is 0 Å². The fourth-order valence-electron chi connectivity index (χ4n) is 18.9. The molecule has 10 aliphatic rings. The van der Waals surface area contributed by atoms with Crippen molar-refractivity contribution in [3.05, 3.63) is 99.0 Å². The zero-order valence-electron chi connectivity index (χ0n) is 87.6. The van der Waals surface area contributed by atoms with Gasteiger partial charge in [-0.25, -0.2) is 28.4 Å². The number of imidazole rings is 1. The van der Waals surface area contributed by atoms with Gasteiger partial charge < -0.3 is 28.2 Å². The van der Waals surface area contributed by atoms with E-state index in [9.17, 15) is 37.5 Å². The average molecular weight is 1880 g/mol. The fraction of sp³-hybridized carbons (Fsp3) is 0.814. The number of Topliss-reactive ketones (excluding diaryl/α,β-unsaturated/α-hetero) is 1. The fourth-order valence-corrected chi connectivity index (χ4v) is 19.6. The Morgan fingerprint density at radius 1 is 0.519 bits per heavy atom. The van der Waals surface area contributed by atoms with Gasteiger partial charge in [-0.05, 0) is 291 Å². The van der Waals surface area contributed by atoms with E-state index in [-0.39, 0.29) is 90.7 Å². The van der Waals surface area contributed by atoms with Crippen LogP contribution in [0.2, 0.25) is 0 Å². The molecule has 754 valence electrons. The zero-order valence-corrected chi connectivity index (χ0v) is 88.4. The van der Waals surface area contributed by atoms with Crippen LogP contribution in [0.5, 0.6) is 0 Å². The molecule has 6 aromatic rings. The summed E-state index contributed by atoms with van der Waals surface area (Å²) in [5.41, 5.74) is 5.78. The van der Waals surface area contributed by atoms with Crippen LogP contribution in [0, 0.1) is 11.8 Å². The highest BCUT2D eigenvalue weighted by Crippen LogP contribution is 2.37. The third kappa shape index (κ3) is 33.5. The largest absolute Gasteiger partial charge is 0.384 e. The van der Waals surface area contributed by atoms with Crippen LogP contribution in [0.4, 0.5) is 0 Å². The molecule has 2 bridgehead atoms. The maximum absolute atomic E-state index is 11.9. The number of carbonyl (C=O) groups is 3. The standard InChI is InChI=1S/C12H22N2O2.C12H20N2O2.C12H24N2O2.C12H23NO3S.C11H20N4.2C10H17N3.C9H16N4O.C9H16N4/c1-8(15)11(16)13-6-10-5-9(13)7-14(10)12(2,3)4;1-12(2,3)14-6-4-9(5-7-14)10-8-11(15)13-16-10;1-12(2,3)14-8-6-10(7-9-14)11(15)13(4)16-5;1-12(2,3)13-7-5-10(6-8-13)11(14)9-17(4,15)16;1-11(2,3)15-6-4-10(5-7-15)14-8-12-13-9-14;1-10(2,3)13-5-4-12-8-11-6-9(12)7-13;1-10(2,3)13-5-4-9-8(7-13)6-11-12-9;1-9(2,3)12-4-5-13-7(6-12)10-11-8(13)14;1-9(2,3)13-5-4-12-7-10-11-8(12)6-13/h8-10,15H,5-7H2,1-4H3;8-9H,4-7H2,1-3H3,(H,13,15);10H,6-9H2,1-5H3;10H,5-9H2,1-4H3;8-10H,4-7H2,1-3H3;6,8H,4-5,7H2,1-3H3;6H,4-5,7H2,1-3H3,(H,11,12);4-6H2,1-3H3,(H,11,14);7H,4-6H2,1-3H3. The molecule has 16 heterocycles. The van der Waals surface area contributed by atoms with Gasteiger partial charge in [-0.1, -0.05) is 0 Å². The predicted molar refractivity (Wildman–Crippen MR) is 525 cm³/mol. The molecule has 6 saturated heterocycles. The summed E-state index contributed by atoms with van der Waals surface area (Å²) in [4.78, 5) is 90.6. The van der Waals surface area contributed by atoms with E-state index >= 15 is 0 Å². The van der Waals surface area contributed by atoms with E-state index in [1.54, 1.807) is 24.6 Å². The molecular weight excluding hydrogens is 1710 g/mol. The molecule has 2 amide bonds. The second-order valence-electron chi connectivity index (χ2n) is 46.9. The van der Waals surface area contributed by atoms with Gasteiger partial charge in [-0.3, -0.25) is 77.8 Å². The summed E-state index contributed by atoms with van der Waals surface area (Å²) in [7, 11) is 0.0312. The number of amides is 2. The molecule has 4 N–H and O–H groups in total. The molecule has 10 aliphatic heterocycles. The van der Waals surface area contributed by atoms with Gasteiger partial charge in [-0.2, -0.15) is 15.4 Å². The van der Waals surface area contributed by atoms with E-state index in [1.165, 1.54) is 55.1 Å². The van der Waals surface area contributed by atoms with Crippen LogP contribution in [0.15, 0.2) is 57.9 Å². The van der Waals surface area contributed by atoms with Crippen molar-refractivity contribution >= 4 is 27.4 Å². The first-order valence-corrected chi connectivity index (χ1v) is 50.9. The Labute approximate surface area is 796 Å². The monoisotopic (exact) mass is 1880 g/mol. The summed E-state index contributed by atoms with van der Waals surface area (Å²) in [5.74, 6) is 2.80. The van der Waals surface area contributed by atoms with Crippen LogP contribution < -0.4 is 11.2 Å². The van der Waals surface area contributed by atoms with Crippen LogP contribution in [-0.4, -0.2) is 340 Å². The summed E-state index contributed by atoms with van der Waals surface area (Å²) >= 11 is 0. The number of piperidine rings is 4. The molecule has 6 aromatic heterocycles. The summed E-state index contributed by atoms with van der Waals surface area (Å²) in [5, 5.41) is 42.4. The number of aromatic amines is 3. The molecule has 16 rings (SSSR count). The van der Waals surface area contributed by atoms with Crippen LogP contribution >= 0.6 is 0 Å². The zero-order chi connectivity index (χ0) is 99.1. The Morgan fingerprint density at radius 2 is 0.992 bits per heavy atom. The number of sulfone groups is 1. The number of aliphatic hydroxyl groups is 1. The Balaban J connectivity index is 0.000000184. The number of nitrogens with zero attached hydrogens (tertiary/aromatic N) is 22. The Bertz CT molecular complexity index is 4600. The highest BCUT2D eigenvalue weighted by Gasteiger charge is 2.49. The number of ketones is 1. The number of H-pyrrole nitrogens is 3. The Kier molecular flexibility index (Phi) is 38.8. The molecule has 6 fully saturated rings. The van der Waals surface area contributed by atoms with Gasteiger partial charge in [0.1, 0.15) is 48.2 Å². The van der Waals surface area contributed by atoms with Crippen molar-refractivity contribution in [2.24, 2.45) is 11.8 Å². The molecule has 0 radical (unpaired) electrons. The number of likely N-dealkylation sites (tertiary alicyclic amines) is 6. The van der Waals surface area contributed by atoms with Gasteiger partial charge in [0.15, 0.2) is 15.6 Å². The van der Waals surface area contributed by atoms with Crippen molar-refractivity contribution in [2.45, 2.75) is 384 Å². The van der Waals surface area contributed by atoms with Crippen LogP contribution in [0.3, 0.4) is 0 Å². The maximum atomic E-state index is 11.9. The van der Waals surface area contributed by atoms with Crippen molar-refractivity contribution in [3.63, 3.8) is 0 Å². The SMILES string of the molecule is CC(C)(C)N1CCC(C(=O)CS(C)(=O)=O)CC1.CC(C)(C)N1CCC(c2cc(=O)[nH]o2)CC1.CC(C)(C)N1CCC(n2cnnc2)CC1.CC(C)(C)N1CCc2[nH]ncc2C1.CC(C)(C)N1CCn2c(n[nH]c2=O)C1.CC(C)(C)N1CCn2cncc2C1.CC(C)(C)N1CCn2cnnc2C1.CC(O)C(=O)N1CC2CC1CN2C(C)(C)C.CON(C)C(=O)C1CCN(C(C)(C)C)CC1. The summed E-state index contributed by atoms with van der Waals surface area (Å²) in [6.45, 7) is 82.5. The third-order valence-corrected chi connectivity index (χ3v) is 28.7. The minimum atomic E-state index is -3.18. The van der Waals surface area contributed by atoms with E-state index in [2.05, 4.69) is 296 Å². The first kappa shape index (κ1) is 111. The minimum Gasteiger partial charge on any atom is -0.384 e. The lowest BCUT2D eigenvalue weighted by Crippen LogP contribution is -2.55. The van der Waals surface area contributed by atoms with E-state index < -0.39 is 15.9 Å². The quantitative estimate of drug-likeness (QED) is 0.103. The van der Waals surface area contributed by atoms with Gasteiger partial charge in [0.2, 0.25) is 5.91 Å². The normalized spacial score (nSPS) is 21.0. The summed E-state index contributed by atoms with van der Waals surface area (Å²) in [6.07, 6.45) is 21.7. The predicted octanol–water partition coefficient (Wildman–Crippen LogP) is 10.9. The number of carbonyl (C=O) groups excluding carboxylic acids is 3. The molecule has 0 saturated carbocycles. The highest BCUT2D eigenvalue weighted by molar-refractivity contribution is 7.91. The van der Waals surface area contributed by atoms with E-state index in [4.69, 9.17) is 9.36 Å². The highest BCUT2D eigenvalue weighted by atomic mass is 32.2. The summed E-state index contributed by atoms with van der Waals surface area (Å²) in [6, 6.07) is 2.97. The number of aliphatic hydroxyl groups excluding tert-OH is 1. The lowest BCUT2D eigenvalue weighted by Gasteiger charge is -2.42. The first-order valence-electron chi connectivity index (χ1n) is 48.8. The second-order valence-corrected chi connectivity index (χ2v) is 49.0. The molecule has 3 unspecified atom stereocenters.